The monoisotopic (exact) mass is 419 g/mol. The Morgan fingerprint density at radius 1 is 1.42 bits per heavy atom. The first-order valence-corrected chi connectivity index (χ1v) is 9.38. The number of carbonyl (C=O) groups excluding carboxylic acids is 1. The van der Waals surface area contributed by atoms with Crippen molar-refractivity contribution in [3.05, 3.63) is 47.3 Å². The Morgan fingerprint density at radius 3 is 2.97 bits per heavy atom. The number of rotatable bonds is 5. The van der Waals surface area contributed by atoms with Crippen LogP contribution in [0.3, 0.4) is 0 Å². The number of halogens is 1. The summed E-state index contributed by atoms with van der Waals surface area (Å²) in [4.78, 5) is 21.4. The van der Waals surface area contributed by atoms with Crippen LogP contribution in [0, 0.1) is 22.7 Å². The zero-order chi connectivity index (χ0) is 22.2. The topological polar surface area (TPSA) is 144 Å². The fourth-order valence-electron chi connectivity index (χ4n) is 3.87. The van der Waals surface area contributed by atoms with Crippen LogP contribution in [0.2, 0.25) is 0 Å². The molecule has 3 aromatic rings. The molecule has 0 fully saturated rings. The molecule has 10 nitrogen and oxygen atoms in total. The minimum Gasteiger partial charge on any atom is -0.324 e. The van der Waals surface area contributed by atoms with Crippen LogP contribution in [0.15, 0.2) is 29.6 Å². The average Bonchev–Trinajstić information content (AvgIpc) is 3.24. The number of anilines is 2. The molecule has 0 aromatic carbocycles. The third kappa shape index (κ3) is 3.59. The van der Waals surface area contributed by atoms with Crippen LogP contribution in [-0.2, 0) is 10.2 Å². The number of nitrogens with zero attached hydrogens (tertiary/aromatic N) is 6. The Balaban J connectivity index is 1.62. The highest BCUT2D eigenvalue weighted by Gasteiger charge is 2.43. The van der Waals surface area contributed by atoms with Crippen molar-refractivity contribution in [2.75, 3.05) is 10.7 Å². The van der Waals surface area contributed by atoms with Gasteiger partial charge in [0.15, 0.2) is 11.5 Å². The highest BCUT2D eigenvalue weighted by Crippen LogP contribution is 2.45. The van der Waals surface area contributed by atoms with E-state index in [0.717, 1.165) is 11.9 Å². The van der Waals surface area contributed by atoms with Gasteiger partial charge in [-0.15, -0.1) is 5.10 Å². The first-order chi connectivity index (χ1) is 14.8. The Morgan fingerprint density at radius 2 is 2.23 bits per heavy atom. The molecule has 1 amide bonds. The maximum absolute atomic E-state index is 13.7. The predicted octanol–water partition coefficient (Wildman–Crippen LogP) is 2.59. The molecule has 0 aliphatic heterocycles. The van der Waals surface area contributed by atoms with Gasteiger partial charge in [-0.1, -0.05) is 13.8 Å². The number of aromatic nitrogens is 4. The zero-order valence-electron chi connectivity index (χ0n) is 16.7. The van der Waals surface area contributed by atoms with Crippen molar-refractivity contribution in [2.24, 2.45) is 5.10 Å². The van der Waals surface area contributed by atoms with Crippen LogP contribution < -0.4 is 10.7 Å². The Hall–Kier alpha value is -4.20. The molecule has 3 heterocycles. The van der Waals surface area contributed by atoms with Gasteiger partial charge in [0.05, 0.1) is 35.3 Å². The second-order valence-corrected chi connectivity index (χ2v) is 7.72. The van der Waals surface area contributed by atoms with Crippen LogP contribution in [0.4, 0.5) is 15.9 Å². The Bertz CT molecular complexity index is 1270. The largest absolute Gasteiger partial charge is 0.324 e. The summed E-state index contributed by atoms with van der Waals surface area (Å²) in [6, 6.07) is 4.73. The first kappa shape index (κ1) is 20.1. The Labute approximate surface area is 176 Å². The molecule has 3 N–H and O–H groups in total. The van der Waals surface area contributed by atoms with Gasteiger partial charge < -0.3 is 10.7 Å². The van der Waals surface area contributed by atoms with E-state index in [1.807, 2.05) is 19.9 Å². The summed E-state index contributed by atoms with van der Waals surface area (Å²) in [5.74, 6) is -1.22. The van der Waals surface area contributed by atoms with E-state index >= 15 is 0 Å². The lowest BCUT2D eigenvalue weighted by molar-refractivity contribution is -0.117. The SMILES string of the molecule is CC1(C)CC(C(=O)Nc2cnc(N/N=C\C=N)c(C#N)c2)c2cnc3cc(F)nn3c21. The van der Waals surface area contributed by atoms with Crippen molar-refractivity contribution in [3.8, 4) is 6.07 Å². The number of hydrazone groups is 1. The molecule has 156 valence electrons. The maximum Gasteiger partial charge on any atom is 0.235 e. The van der Waals surface area contributed by atoms with Gasteiger partial charge in [-0.25, -0.2) is 14.5 Å². The molecule has 0 saturated heterocycles. The number of nitrogens with one attached hydrogen (secondary N) is 3. The standard InChI is InChI=1S/C20H18FN9O/c1-20(2)7-13(14-10-24-16-6-15(21)29-30(16)17(14)20)19(31)27-12-5-11(8-23)18(25-9-12)28-26-4-3-22/h3-6,9-10,13,22H,7H2,1-2H3,(H,25,28)(H,27,31)/b22-3?,26-4-. The molecular weight excluding hydrogens is 401 g/mol. The van der Waals surface area contributed by atoms with E-state index in [1.54, 1.807) is 6.20 Å². The number of amides is 1. The van der Waals surface area contributed by atoms with Gasteiger partial charge in [0.2, 0.25) is 11.9 Å². The van der Waals surface area contributed by atoms with Crippen molar-refractivity contribution >= 4 is 35.5 Å². The number of hydrogen-bond donors (Lipinski definition) is 3. The van der Waals surface area contributed by atoms with Crippen molar-refractivity contribution in [2.45, 2.75) is 31.6 Å². The first-order valence-electron chi connectivity index (χ1n) is 9.38. The highest BCUT2D eigenvalue weighted by atomic mass is 19.1. The summed E-state index contributed by atoms with van der Waals surface area (Å²) in [5.41, 5.74) is 4.51. The van der Waals surface area contributed by atoms with Crippen LogP contribution in [0.1, 0.15) is 43.0 Å². The summed E-state index contributed by atoms with van der Waals surface area (Å²) in [6.45, 7) is 3.95. The molecule has 11 heteroatoms. The van der Waals surface area contributed by atoms with Gasteiger partial charge in [0, 0.05) is 29.5 Å². The number of fused-ring (bicyclic) bond motifs is 3. The normalized spacial score (nSPS) is 16.8. The molecule has 0 spiro atoms. The molecule has 1 atom stereocenters. The van der Waals surface area contributed by atoms with Crippen LogP contribution in [-0.4, -0.2) is 37.9 Å². The molecular formula is C20H18FN9O. The van der Waals surface area contributed by atoms with E-state index in [-0.39, 0.29) is 17.3 Å². The van der Waals surface area contributed by atoms with Gasteiger partial charge in [0.25, 0.3) is 0 Å². The van der Waals surface area contributed by atoms with E-state index in [1.165, 1.54) is 29.1 Å². The maximum atomic E-state index is 13.7. The fraction of sp³-hybridized carbons (Fsp3) is 0.250. The van der Waals surface area contributed by atoms with Crippen LogP contribution in [0.5, 0.6) is 0 Å². The molecule has 0 bridgehead atoms. The molecule has 31 heavy (non-hydrogen) atoms. The molecule has 0 radical (unpaired) electrons. The van der Waals surface area contributed by atoms with E-state index in [4.69, 9.17) is 5.41 Å². The van der Waals surface area contributed by atoms with Gasteiger partial charge in [-0.3, -0.25) is 10.2 Å². The van der Waals surface area contributed by atoms with Crippen molar-refractivity contribution < 1.29 is 9.18 Å². The summed E-state index contributed by atoms with van der Waals surface area (Å²) in [5, 5.41) is 26.7. The third-order valence-corrected chi connectivity index (χ3v) is 5.12. The number of hydrogen-bond acceptors (Lipinski definition) is 8. The number of pyridine rings is 1. The van der Waals surface area contributed by atoms with Gasteiger partial charge in [-0.2, -0.15) is 14.8 Å². The van der Waals surface area contributed by atoms with E-state index < -0.39 is 17.3 Å². The lowest BCUT2D eigenvalue weighted by Crippen LogP contribution is -2.21. The third-order valence-electron chi connectivity index (χ3n) is 5.12. The van der Waals surface area contributed by atoms with Crippen molar-refractivity contribution in [3.63, 3.8) is 0 Å². The summed E-state index contributed by atoms with van der Waals surface area (Å²) in [7, 11) is 0. The second kappa shape index (κ2) is 7.56. The molecule has 1 unspecified atom stereocenters. The molecule has 1 aliphatic carbocycles. The zero-order valence-corrected chi connectivity index (χ0v) is 16.7. The average molecular weight is 419 g/mol. The minimum atomic E-state index is -0.627. The second-order valence-electron chi connectivity index (χ2n) is 7.72. The van der Waals surface area contributed by atoms with Crippen molar-refractivity contribution in [1.29, 1.82) is 10.7 Å². The summed E-state index contributed by atoms with van der Waals surface area (Å²) in [6.07, 6.45) is 5.68. The molecule has 4 rings (SSSR count). The van der Waals surface area contributed by atoms with Crippen LogP contribution >= 0.6 is 0 Å². The van der Waals surface area contributed by atoms with Crippen LogP contribution in [0.25, 0.3) is 5.65 Å². The summed E-state index contributed by atoms with van der Waals surface area (Å²) < 4.78 is 15.1. The van der Waals surface area contributed by atoms with E-state index in [0.29, 0.717) is 23.3 Å². The van der Waals surface area contributed by atoms with Gasteiger partial charge in [0.1, 0.15) is 6.07 Å². The highest BCUT2D eigenvalue weighted by molar-refractivity contribution is 6.14. The number of carbonyl (C=O) groups is 1. The minimum absolute atomic E-state index is 0.183. The quantitative estimate of drug-likeness (QED) is 0.428. The smallest absolute Gasteiger partial charge is 0.235 e. The predicted molar refractivity (Wildman–Crippen MR) is 112 cm³/mol. The molecule has 0 saturated carbocycles. The molecule has 3 aromatic heterocycles. The van der Waals surface area contributed by atoms with Crippen molar-refractivity contribution in [1.82, 2.24) is 19.6 Å². The summed E-state index contributed by atoms with van der Waals surface area (Å²) >= 11 is 0. The van der Waals surface area contributed by atoms with E-state index in [2.05, 4.69) is 30.9 Å². The number of nitriles is 1. The van der Waals surface area contributed by atoms with Gasteiger partial charge >= 0.3 is 0 Å². The van der Waals surface area contributed by atoms with Gasteiger partial charge in [-0.05, 0) is 12.5 Å². The fourth-order valence-corrected chi connectivity index (χ4v) is 3.87. The Kier molecular flexibility index (Phi) is 4.90. The van der Waals surface area contributed by atoms with E-state index in [9.17, 15) is 14.4 Å². The lowest BCUT2D eigenvalue weighted by atomic mass is 9.88. The molecule has 1 aliphatic rings. The lowest BCUT2D eigenvalue weighted by Gasteiger charge is -2.19.